The van der Waals surface area contributed by atoms with Crippen LogP contribution in [0.3, 0.4) is 0 Å². The number of piperazine rings is 1. The Hall–Kier alpha value is -0.570. The molecule has 1 aromatic carbocycles. The predicted octanol–water partition coefficient (Wildman–Crippen LogP) is 2.07. The minimum atomic E-state index is 0. The molecule has 0 amide bonds. The molecule has 3 heteroatoms. The maximum absolute atomic E-state index is 3.38. The van der Waals surface area contributed by atoms with E-state index in [4.69, 9.17) is 0 Å². The maximum atomic E-state index is 3.38. The third-order valence-electron chi connectivity index (χ3n) is 2.98. The molecule has 1 aliphatic rings. The molecule has 0 spiro atoms. The van der Waals surface area contributed by atoms with Gasteiger partial charge in [0.2, 0.25) is 0 Å². The van der Waals surface area contributed by atoms with Gasteiger partial charge in [0.25, 0.3) is 0 Å². The van der Waals surface area contributed by atoms with E-state index in [0.717, 1.165) is 26.2 Å². The average Bonchev–Trinajstić information content (AvgIpc) is 2.30. The number of rotatable bonds is 2. The van der Waals surface area contributed by atoms with Gasteiger partial charge in [-0.15, -0.1) is 12.4 Å². The second-order valence-corrected chi connectivity index (χ2v) is 3.87. The monoisotopic (exact) mass is 226 g/mol. The van der Waals surface area contributed by atoms with Gasteiger partial charge in [-0.25, -0.2) is 0 Å². The molecule has 2 rings (SSSR count). The Morgan fingerprint density at radius 3 is 2.33 bits per heavy atom. The van der Waals surface area contributed by atoms with Crippen molar-refractivity contribution in [2.75, 3.05) is 26.2 Å². The molecule has 0 aromatic heterocycles. The van der Waals surface area contributed by atoms with E-state index in [1.54, 1.807) is 0 Å². The summed E-state index contributed by atoms with van der Waals surface area (Å²) in [6.07, 6.45) is 0. The summed E-state index contributed by atoms with van der Waals surface area (Å²) in [6.45, 7) is 6.86. The lowest BCUT2D eigenvalue weighted by Crippen LogP contribution is -2.44. The van der Waals surface area contributed by atoms with Gasteiger partial charge in [-0.1, -0.05) is 30.3 Å². The summed E-state index contributed by atoms with van der Waals surface area (Å²) in [5.74, 6) is 0. The number of hydrogen-bond acceptors (Lipinski definition) is 2. The van der Waals surface area contributed by atoms with E-state index in [0.29, 0.717) is 6.04 Å². The zero-order chi connectivity index (χ0) is 9.80. The molecular formula is C12H19ClN2. The average molecular weight is 227 g/mol. The first-order chi connectivity index (χ1) is 6.88. The highest BCUT2D eigenvalue weighted by molar-refractivity contribution is 5.85. The molecule has 0 radical (unpaired) electrons. The second kappa shape index (κ2) is 6.11. The van der Waals surface area contributed by atoms with Gasteiger partial charge in [0.15, 0.2) is 0 Å². The van der Waals surface area contributed by atoms with Crippen molar-refractivity contribution in [3.63, 3.8) is 0 Å². The fourth-order valence-corrected chi connectivity index (χ4v) is 2.01. The summed E-state index contributed by atoms with van der Waals surface area (Å²) in [4.78, 5) is 2.53. The lowest BCUT2D eigenvalue weighted by atomic mass is 10.1. The third-order valence-corrected chi connectivity index (χ3v) is 2.98. The molecule has 1 saturated heterocycles. The fraction of sp³-hybridized carbons (Fsp3) is 0.500. The maximum Gasteiger partial charge on any atom is 0.0320 e. The van der Waals surface area contributed by atoms with Gasteiger partial charge in [0.05, 0.1) is 0 Å². The van der Waals surface area contributed by atoms with Crippen LogP contribution in [0.1, 0.15) is 18.5 Å². The van der Waals surface area contributed by atoms with E-state index in [9.17, 15) is 0 Å². The number of halogens is 1. The molecular weight excluding hydrogens is 208 g/mol. The molecule has 15 heavy (non-hydrogen) atoms. The molecule has 1 unspecified atom stereocenters. The molecule has 1 aliphatic heterocycles. The van der Waals surface area contributed by atoms with Crippen LogP contribution in [0, 0.1) is 0 Å². The van der Waals surface area contributed by atoms with Crippen molar-refractivity contribution in [3.05, 3.63) is 35.9 Å². The Morgan fingerprint density at radius 1 is 1.13 bits per heavy atom. The standard InChI is InChI=1S/C12H18N2.ClH/c1-11(12-5-3-2-4-6-12)14-9-7-13-8-10-14;/h2-6,11,13H,7-10H2,1H3;1H. The van der Waals surface area contributed by atoms with Crippen LogP contribution in [0.4, 0.5) is 0 Å². The lowest BCUT2D eigenvalue weighted by Gasteiger charge is -2.33. The SMILES string of the molecule is CC(c1ccccc1)N1CCNCC1.Cl. The van der Waals surface area contributed by atoms with Crippen LogP contribution in [-0.4, -0.2) is 31.1 Å². The molecule has 0 aliphatic carbocycles. The fourth-order valence-electron chi connectivity index (χ4n) is 2.01. The minimum absolute atomic E-state index is 0. The highest BCUT2D eigenvalue weighted by Crippen LogP contribution is 2.19. The van der Waals surface area contributed by atoms with Crippen LogP contribution in [0.2, 0.25) is 0 Å². The number of benzene rings is 1. The number of hydrogen-bond donors (Lipinski definition) is 1. The summed E-state index contributed by atoms with van der Waals surface area (Å²) in [5, 5.41) is 3.38. The zero-order valence-electron chi connectivity index (χ0n) is 9.15. The Morgan fingerprint density at radius 2 is 1.73 bits per heavy atom. The molecule has 2 nitrogen and oxygen atoms in total. The highest BCUT2D eigenvalue weighted by atomic mass is 35.5. The first-order valence-electron chi connectivity index (χ1n) is 5.37. The molecule has 84 valence electrons. The van der Waals surface area contributed by atoms with Crippen LogP contribution in [0.15, 0.2) is 30.3 Å². The predicted molar refractivity (Wildman–Crippen MR) is 66.5 cm³/mol. The Bertz CT molecular complexity index is 270. The Kier molecular flexibility index (Phi) is 5.09. The lowest BCUT2D eigenvalue weighted by molar-refractivity contribution is 0.185. The van der Waals surface area contributed by atoms with E-state index in [2.05, 4.69) is 47.5 Å². The van der Waals surface area contributed by atoms with E-state index in [1.165, 1.54) is 5.56 Å². The van der Waals surface area contributed by atoms with Crippen molar-refractivity contribution >= 4 is 12.4 Å². The topological polar surface area (TPSA) is 15.3 Å². The van der Waals surface area contributed by atoms with Gasteiger partial charge in [0.1, 0.15) is 0 Å². The molecule has 0 bridgehead atoms. The van der Waals surface area contributed by atoms with E-state index in [1.807, 2.05) is 0 Å². The van der Waals surface area contributed by atoms with Crippen molar-refractivity contribution in [1.82, 2.24) is 10.2 Å². The molecule has 1 fully saturated rings. The largest absolute Gasteiger partial charge is 0.314 e. The number of nitrogens with one attached hydrogen (secondary N) is 1. The van der Waals surface area contributed by atoms with Crippen LogP contribution in [-0.2, 0) is 0 Å². The minimum Gasteiger partial charge on any atom is -0.314 e. The molecule has 1 aromatic rings. The van der Waals surface area contributed by atoms with Gasteiger partial charge in [-0.05, 0) is 12.5 Å². The Balaban J connectivity index is 0.00000112. The van der Waals surface area contributed by atoms with Crippen LogP contribution < -0.4 is 5.32 Å². The van der Waals surface area contributed by atoms with Crippen molar-refractivity contribution in [1.29, 1.82) is 0 Å². The highest BCUT2D eigenvalue weighted by Gasteiger charge is 2.16. The van der Waals surface area contributed by atoms with Gasteiger partial charge < -0.3 is 5.32 Å². The van der Waals surface area contributed by atoms with E-state index >= 15 is 0 Å². The summed E-state index contributed by atoms with van der Waals surface area (Å²) in [7, 11) is 0. The van der Waals surface area contributed by atoms with Crippen LogP contribution >= 0.6 is 12.4 Å². The molecule has 1 heterocycles. The van der Waals surface area contributed by atoms with Crippen molar-refractivity contribution in [2.24, 2.45) is 0 Å². The number of nitrogens with zero attached hydrogens (tertiary/aromatic N) is 1. The van der Waals surface area contributed by atoms with Gasteiger partial charge in [-0.2, -0.15) is 0 Å². The van der Waals surface area contributed by atoms with Gasteiger partial charge in [0, 0.05) is 32.2 Å². The van der Waals surface area contributed by atoms with Crippen molar-refractivity contribution in [2.45, 2.75) is 13.0 Å². The normalized spacial score (nSPS) is 19.3. The third kappa shape index (κ3) is 3.20. The summed E-state index contributed by atoms with van der Waals surface area (Å²) >= 11 is 0. The first kappa shape index (κ1) is 12.5. The van der Waals surface area contributed by atoms with E-state index < -0.39 is 0 Å². The molecule has 0 saturated carbocycles. The van der Waals surface area contributed by atoms with E-state index in [-0.39, 0.29) is 12.4 Å². The summed E-state index contributed by atoms with van der Waals surface area (Å²) in [6, 6.07) is 11.3. The second-order valence-electron chi connectivity index (χ2n) is 3.87. The smallest absolute Gasteiger partial charge is 0.0320 e. The van der Waals surface area contributed by atoms with Gasteiger partial charge in [-0.3, -0.25) is 4.90 Å². The van der Waals surface area contributed by atoms with Crippen LogP contribution in [0.25, 0.3) is 0 Å². The molecule has 1 atom stereocenters. The first-order valence-corrected chi connectivity index (χ1v) is 5.37. The van der Waals surface area contributed by atoms with Crippen molar-refractivity contribution < 1.29 is 0 Å². The van der Waals surface area contributed by atoms with Crippen LogP contribution in [0.5, 0.6) is 0 Å². The summed E-state index contributed by atoms with van der Waals surface area (Å²) in [5.41, 5.74) is 1.43. The zero-order valence-corrected chi connectivity index (χ0v) is 9.96. The summed E-state index contributed by atoms with van der Waals surface area (Å²) < 4.78 is 0. The quantitative estimate of drug-likeness (QED) is 0.831. The Labute approximate surface area is 98.1 Å². The van der Waals surface area contributed by atoms with Gasteiger partial charge >= 0.3 is 0 Å². The van der Waals surface area contributed by atoms with Crippen molar-refractivity contribution in [3.8, 4) is 0 Å². The molecule has 1 N–H and O–H groups in total.